The topological polar surface area (TPSA) is 76.5 Å². The van der Waals surface area contributed by atoms with E-state index in [4.69, 9.17) is 14.9 Å². The van der Waals surface area contributed by atoms with E-state index in [2.05, 4.69) is 31.2 Å². The molecule has 0 saturated heterocycles. The summed E-state index contributed by atoms with van der Waals surface area (Å²) in [7, 11) is 0. The van der Waals surface area contributed by atoms with Crippen molar-refractivity contribution in [1.82, 2.24) is 0 Å². The smallest absolute Gasteiger partial charge is 0.354 e. The fraction of sp³-hybridized carbons (Fsp3) is 0.0357. The first-order valence-corrected chi connectivity index (χ1v) is 10.3. The molecule has 33 heavy (non-hydrogen) atoms. The van der Waals surface area contributed by atoms with Crippen molar-refractivity contribution in [2.75, 3.05) is 0 Å². The highest BCUT2D eigenvalue weighted by Crippen LogP contribution is 2.25. The van der Waals surface area contributed by atoms with Crippen LogP contribution in [0.1, 0.15) is 15.9 Å². The van der Waals surface area contributed by atoms with E-state index in [1.165, 1.54) is 5.56 Å². The van der Waals surface area contributed by atoms with Gasteiger partial charge in [-0.1, -0.05) is 66.2 Å². The lowest BCUT2D eigenvalue weighted by atomic mass is 10.0. The van der Waals surface area contributed by atoms with E-state index in [-0.39, 0.29) is 0 Å². The van der Waals surface area contributed by atoms with Gasteiger partial charge >= 0.3 is 11.9 Å². The zero-order valence-corrected chi connectivity index (χ0v) is 17.9. The Morgan fingerprint density at radius 1 is 0.606 bits per heavy atom. The summed E-state index contributed by atoms with van der Waals surface area (Å²) in [5.41, 5.74) is 5.61. The zero-order chi connectivity index (χ0) is 23.2. The van der Waals surface area contributed by atoms with Crippen molar-refractivity contribution in [3.8, 4) is 33.8 Å². The molecule has 0 aliphatic carbocycles. The van der Waals surface area contributed by atoms with Crippen molar-refractivity contribution in [2.45, 2.75) is 6.92 Å². The van der Waals surface area contributed by atoms with Gasteiger partial charge in [-0.05, 0) is 65.6 Å². The van der Waals surface area contributed by atoms with Crippen LogP contribution < -0.4 is 9.47 Å². The number of carbonyl (C=O) groups is 2. The maximum Gasteiger partial charge on any atom is 0.354 e. The minimum Gasteiger partial charge on any atom is -0.423 e. The largest absolute Gasteiger partial charge is 0.423 e. The summed E-state index contributed by atoms with van der Waals surface area (Å²) in [6.45, 7) is 2.05. The maximum atomic E-state index is 12.5. The van der Waals surface area contributed by atoms with Crippen LogP contribution in [-0.4, -0.2) is 18.2 Å². The minimum absolute atomic E-state index is 0.362. The molecule has 162 valence electrons. The number of hydrogen-bond acceptors (Lipinski definition) is 5. The van der Waals surface area contributed by atoms with Gasteiger partial charge in [-0.25, -0.2) is 9.59 Å². The second-order valence-electron chi connectivity index (χ2n) is 7.45. The lowest BCUT2D eigenvalue weighted by Crippen LogP contribution is -2.08. The number of esters is 2. The number of ether oxygens (including phenoxy) is 2. The monoisotopic (exact) mass is 435 g/mol. The molecule has 0 aliphatic rings. The van der Waals surface area contributed by atoms with Gasteiger partial charge in [0.1, 0.15) is 17.7 Å². The first-order valence-electron chi connectivity index (χ1n) is 10.3. The van der Waals surface area contributed by atoms with Crippen LogP contribution in [0.5, 0.6) is 11.5 Å². The van der Waals surface area contributed by atoms with Gasteiger partial charge in [-0.3, -0.25) is 0 Å². The molecule has 0 heterocycles. The molecule has 5 heteroatoms. The van der Waals surface area contributed by atoms with Crippen LogP contribution in [0.2, 0.25) is 0 Å². The van der Waals surface area contributed by atoms with Gasteiger partial charge in [0.15, 0.2) is 0 Å². The highest BCUT2D eigenvalue weighted by Gasteiger charge is 2.10. The average molecular weight is 435 g/mol. The van der Waals surface area contributed by atoms with Crippen LogP contribution in [-0.2, 0) is 4.79 Å². The molecule has 1 N–H and O–H groups in total. The van der Waals surface area contributed by atoms with E-state index < -0.39 is 11.9 Å². The van der Waals surface area contributed by atoms with E-state index in [1.807, 2.05) is 24.3 Å². The second kappa shape index (κ2) is 9.75. The third-order valence-corrected chi connectivity index (χ3v) is 5.09. The molecule has 0 saturated carbocycles. The first-order chi connectivity index (χ1) is 16.0. The number of carbonyl (C=O) groups excluding carboxylic acids is 2. The molecular formula is C28H21NO4. The Kier molecular flexibility index (Phi) is 6.41. The van der Waals surface area contributed by atoms with Crippen molar-refractivity contribution in [1.29, 1.82) is 5.41 Å². The number of hydrogen-bond donors (Lipinski definition) is 1. The van der Waals surface area contributed by atoms with E-state index in [0.29, 0.717) is 23.3 Å². The summed E-state index contributed by atoms with van der Waals surface area (Å²) in [5.74, 6) is -0.315. The third-order valence-electron chi connectivity index (χ3n) is 5.09. The number of aryl methyl sites for hydroxylation is 1. The molecule has 0 bridgehead atoms. The van der Waals surface area contributed by atoms with Gasteiger partial charge in [0.05, 0.1) is 5.56 Å². The van der Waals surface area contributed by atoms with Crippen LogP contribution in [0.3, 0.4) is 0 Å². The van der Waals surface area contributed by atoms with Gasteiger partial charge in [0, 0.05) is 0 Å². The molecule has 4 rings (SSSR count). The molecule has 4 aromatic carbocycles. The number of rotatable bonds is 6. The quantitative estimate of drug-likeness (QED) is 0.225. The third kappa shape index (κ3) is 5.40. The molecule has 0 aliphatic heterocycles. The number of benzene rings is 4. The summed E-state index contributed by atoms with van der Waals surface area (Å²) in [6, 6.07) is 29.7. The highest BCUT2D eigenvalue weighted by atomic mass is 16.5. The Morgan fingerprint density at radius 2 is 1.00 bits per heavy atom. The second-order valence-corrected chi connectivity index (χ2v) is 7.45. The van der Waals surface area contributed by atoms with Gasteiger partial charge in [0.25, 0.3) is 0 Å². The number of nitrogens with one attached hydrogen (secondary N) is 1. The molecule has 0 amide bonds. The molecular weight excluding hydrogens is 414 g/mol. The molecule has 0 atom stereocenters. The van der Waals surface area contributed by atoms with Crippen molar-refractivity contribution in [3.63, 3.8) is 0 Å². The molecule has 4 aromatic rings. The molecule has 0 aromatic heterocycles. The summed E-state index contributed by atoms with van der Waals surface area (Å²) in [6.07, 6.45) is 0.615. The molecule has 0 radical (unpaired) electrons. The van der Waals surface area contributed by atoms with Crippen LogP contribution >= 0.6 is 0 Å². The van der Waals surface area contributed by atoms with Crippen molar-refractivity contribution < 1.29 is 19.1 Å². The van der Waals surface area contributed by atoms with Gasteiger partial charge in [0.2, 0.25) is 0 Å². The Balaban J connectivity index is 1.40. The average Bonchev–Trinajstić information content (AvgIpc) is 2.85. The Labute approximate surface area is 191 Å². The minimum atomic E-state index is -0.726. The van der Waals surface area contributed by atoms with Gasteiger partial charge in [-0.2, -0.15) is 0 Å². The van der Waals surface area contributed by atoms with Gasteiger partial charge < -0.3 is 14.9 Å². The van der Waals surface area contributed by atoms with Crippen molar-refractivity contribution in [2.24, 2.45) is 0 Å². The first kappa shape index (κ1) is 21.7. The summed E-state index contributed by atoms with van der Waals surface area (Å²) < 4.78 is 10.5. The summed E-state index contributed by atoms with van der Waals surface area (Å²) in [4.78, 5) is 23.7. The van der Waals surface area contributed by atoms with Gasteiger partial charge in [-0.15, -0.1) is 0 Å². The van der Waals surface area contributed by atoms with E-state index in [9.17, 15) is 9.59 Å². The summed E-state index contributed by atoms with van der Waals surface area (Å²) >= 11 is 0. The molecule has 0 unspecified atom stereocenters. The van der Waals surface area contributed by atoms with Crippen molar-refractivity contribution in [3.05, 3.63) is 108 Å². The van der Waals surface area contributed by atoms with Crippen molar-refractivity contribution >= 4 is 18.2 Å². The normalized spacial score (nSPS) is 10.3. The van der Waals surface area contributed by atoms with E-state index in [0.717, 1.165) is 22.3 Å². The molecule has 0 spiro atoms. The fourth-order valence-corrected chi connectivity index (χ4v) is 3.29. The fourth-order valence-electron chi connectivity index (χ4n) is 3.29. The van der Waals surface area contributed by atoms with Crippen LogP contribution in [0.4, 0.5) is 0 Å². The predicted molar refractivity (Wildman–Crippen MR) is 128 cm³/mol. The highest BCUT2D eigenvalue weighted by molar-refractivity contribution is 6.22. The Hall–Kier alpha value is -4.51. The standard InChI is InChI=1S/C28H21NO4/c1-19-2-4-20(5-3-19)22-12-16-26(17-13-22)33-28(31)24-8-6-21(7-9-24)23-10-14-25(15-11-23)32-27(30)18-29/h2-18,29H,1H3. The Bertz CT molecular complexity index is 1270. The summed E-state index contributed by atoms with van der Waals surface area (Å²) in [5, 5.41) is 6.87. The predicted octanol–water partition coefficient (Wildman–Crippen LogP) is 6.10. The van der Waals surface area contributed by atoms with Crippen LogP contribution in [0.25, 0.3) is 22.3 Å². The van der Waals surface area contributed by atoms with E-state index >= 15 is 0 Å². The van der Waals surface area contributed by atoms with E-state index in [1.54, 1.807) is 48.5 Å². The lowest BCUT2D eigenvalue weighted by molar-refractivity contribution is -0.126. The van der Waals surface area contributed by atoms with Crippen LogP contribution in [0.15, 0.2) is 97.1 Å². The molecule has 0 fully saturated rings. The molecule has 5 nitrogen and oxygen atoms in total. The SMILES string of the molecule is Cc1ccc(-c2ccc(OC(=O)c3ccc(-c4ccc(OC(=O)C=N)cc4)cc3)cc2)cc1. The Morgan fingerprint density at radius 3 is 1.45 bits per heavy atom. The lowest BCUT2D eigenvalue weighted by Gasteiger charge is -2.08. The zero-order valence-electron chi connectivity index (χ0n) is 17.9. The maximum absolute atomic E-state index is 12.5. The van der Waals surface area contributed by atoms with Crippen LogP contribution in [0, 0.1) is 12.3 Å².